The summed E-state index contributed by atoms with van der Waals surface area (Å²) in [6, 6.07) is -0.725. The molecule has 0 fully saturated rings. The molecular weight excluding hydrogens is 715 g/mol. The molecule has 0 N–H and O–H groups in total. The number of carbonyl (C=O) groups excluding carboxylic acids is 3. The van der Waals surface area contributed by atoms with Crippen LogP contribution in [0.4, 0.5) is 0 Å². The lowest BCUT2D eigenvalue weighted by Gasteiger charge is -2.34. The lowest BCUT2D eigenvalue weighted by atomic mass is 10.0. The van der Waals surface area contributed by atoms with Crippen molar-refractivity contribution in [2.45, 2.75) is 231 Å². The van der Waals surface area contributed by atoms with Gasteiger partial charge in [-0.15, -0.1) is 0 Å². The lowest BCUT2D eigenvalue weighted by Crippen LogP contribution is -2.55. The second-order valence-electron chi connectivity index (χ2n) is 17.3. The number of unbranched alkanes of at least 4 members (excludes halogenated alkanes) is 25. The van der Waals surface area contributed by atoms with E-state index in [0.29, 0.717) is 12.8 Å². The van der Waals surface area contributed by atoms with Gasteiger partial charge in [0, 0.05) is 19.3 Å². The molecular formula is C49H91NO7. The molecule has 2 atom stereocenters. The van der Waals surface area contributed by atoms with E-state index in [0.717, 1.165) is 57.8 Å². The molecule has 0 bridgehead atoms. The number of carboxylic acids is 1. The molecule has 0 aromatic rings. The van der Waals surface area contributed by atoms with Crippen LogP contribution >= 0.6 is 0 Å². The number of rotatable bonds is 43. The van der Waals surface area contributed by atoms with Crippen LogP contribution in [0, 0.1) is 0 Å². The third kappa shape index (κ3) is 39.1. The topological polar surface area (TPSA) is 102 Å². The lowest BCUT2D eigenvalue weighted by molar-refractivity contribution is -0.889. The molecule has 0 spiro atoms. The first kappa shape index (κ1) is 54.8. The highest BCUT2D eigenvalue weighted by atomic mass is 16.6. The average Bonchev–Trinajstić information content (AvgIpc) is 3.17. The number of carbonyl (C=O) groups is 3. The maximum absolute atomic E-state index is 12.7. The largest absolute Gasteiger partial charge is 0.544 e. The Kier molecular flexibility index (Phi) is 39.0. The molecule has 0 aliphatic rings. The Morgan fingerprint density at radius 3 is 1.32 bits per heavy atom. The van der Waals surface area contributed by atoms with Crippen molar-refractivity contribution in [3.8, 4) is 0 Å². The van der Waals surface area contributed by atoms with Gasteiger partial charge in [0.25, 0.3) is 0 Å². The second-order valence-corrected chi connectivity index (χ2v) is 17.3. The molecule has 2 unspecified atom stereocenters. The molecule has 57 heavy (non-hydrogen) atoms. The van der Waals surface area contributed by atoms with Crippen LogP contribution in [0.2, 0.25) is 0 Å². The Morgan fingerprint density at radius 1 is 0.509 bits per heavy atom. The number of aliphatic carboxylic acids is 1. The molecule has 8 nitrogen and oxygen atoms in total. The van der Waals surface area contributed by atoms with E-state index in [-0.39, 0.29) is 42.7 Å². The first-order valence-corrected chi connectivity index (χ1v) is 23.9. The molecule has 0 amide bonds. The molecule has 0 heterocycles. The van der Waals surface area contributed by atoms with Gasteiger partial charge in [0.2, 0.25) is 0 Å². The monoisotopic (exact) mass is 806 g/mol. The Labute approximate surface area is 351 Å². The highest BCUT2D eigenvalue weighted by Gasteiger charge is 2.25. The first-order chi connectivity index (χ1) is 27.6. The Bertz CT molecular complexity index is 989. The molecule has 0 saturated carbocycles. The van der Waals surface area contributed by atoms with Crippen molar-refractivity contribution in [1.29, 1.82) is 0 Å². The van der Waals surface area contributed by atoms with Crippen LogP contribution in [0.3, 0.4) is 0 Å². The highest BCUT2D eigenvalue weighted by molar-refractivity contribution is 5.70. The summed E-state index contributed by atoms with van der Waals surface area (Å²) in [6.07, 6.45) is 45.0. The molecule has 0 aliphatic carbocycles. The minimum Gasteiger partial charge on any atom is -0.544 e. The zero-order valence-electron chi connectivity index (χ0n) is 38.0. The summed E-state index contributed by atoms with van der Waals surface area (Å²) in [5.41, 5.74) is 0. The van der Waals surface area contributed by atoms with Gasteiger partial charge in [0.05, 0.1) is 40.3 Å². The second kappa shape index (κ2) is 40.6. The molecule has 0 aromatic carbocycles. The van der Waals surface area contributed by atoms with Crippen LogP contribution in [-0.4, -0.2) is 75.5 Å². The van der Waals surface area contributed by atoms with Gasteiger partial charge >= 0.3 is 11.9 Å². The quantitative estimate of drug-likeness (QED) is 0.0262. The number of likely N-dealkylation sites (N-methyl/N-ethyl adjacent to an activating group) is 1. The van der Waals surface area contributed by atoms with E-state index in [2.05, 4.69) is 38.2 Å². The summed E-state index contributed by atoms with van der Waals surface area (Å²) in [6.45, 7) is 4.62. The van der Waals surface area contributed by atoms with E-state index in [9.17, 15) is 19.5 Å². The van der Waals surface area contributed by atoms with Crippen LogP contribution in [0.25, 0.3) is 0 Å². The third-order valence-electron chi connectivity index (χ3n) is 10.8. The van der Waals surface area contributed by atoms with E-state index in [1.807, 2.05) is 0 Å². The van der Waals surface area contributed by atoms with Crippen molar-refractivity contribution in [3.05, 3.63) is 24.3 Å². The van der Waals surface area contributed by atoms with E-state index in [1.165, 1.54) is 128 Å². The summed E-state index contributed by atoms with van der Waals surface area (Å²) < 4.78 is 17.1. The van der Waals surface area contributed by atoms with Gasteiger partial charge in [-0.1, -0.05) is 167 Å². The zero-order valence-corrected chi connectivity index (χ0v) is 38.0. The fraction of sp³-hybridized carbons (Fsp3) is 0.857. The summed E-state index contributed by atoms with van der Waals surface area (Å²) in [7, 11) is 5.41. The predicted molar refractivity (Wildman–Crippen MR) is 236 cm³/mol. The first-order valence-electron chi connectivity index (χ1n) is 23.9. The number of carboxylic acid groups (broad SMARTS) is 1. The van der Waals surface area contributed by atoms with E-state index < -0.39 is 18.1 Å². The standard InChI is InChI=1S/C49H91NO7/c1-6-8-10-12-14-16-18-19-20-21-22-23-24-25-26-27-28-29-30-32-34-36-38-40-48(52)57-45(43-55-42-41-46(49(53)54)50(3,4)5)44-56-47(51)39-37-35-33-31-17-15-13-11-9-7-2/h13,15,25-26,45-46H,6-12,14,16-24,27-44H2,1-5H3/b15-13+,26-25+. The maximum Gasteiger partial charge on any atom is 0.306 e. The van der Waals surface area contributed by atoms with Crippen molar-refractivity contribution in [2.75, 3.05) is 41.0 Å². The Balaban J connectivity index is 4.18. The smallest absolute Gasteiger partial charge is 0.306 e. The molecule has 334 valence electrons. The average molecular weight is 806 g/mol. The van der Waals surface area contributed by atoms with E-state index >= 15 is 0 Å². The van der Waals surface area contributed by atoms with Gasteiger partial charge in [-0.25, -0.2) is 0 Å². The van der Waals surface area contributed by atoms with Crippen LogP contribution in [0.1, 0.15) is 219 Å². The number of esters is 2. The molecule has 0 aromatic heterocycles. The normalized spacial score (nSPS) is 13.1. The molecule has 8 heteroatoms. The van der Waals surface area contributed by atoms with Gasteiger partial charge in [0.1, 0.15) is 12.6 Å². The molecule has 0 radical (unpaired) electrons. The molecule has 0 aliphatic heterocycles. The minimum absolute atomic E-state index is 0.0380. The van der Waals surface area contributed by atoms with Crippen molar-refractivity contribution < 1.29 is 38.2 Å². The number of ether oxygens (including phenoxy) is 3. The van der Waals surface area contributed by atoms with Gasteiger partial charge < -0.3 is 28.6 Å². The van der Waals surface area contributed by atoms with Gasteiger partial charge in [-0.2, -0.15) is 0 Å². The van der Waals surface area contributed by atoms with Crippen LogP contribution in [0.5, 0.6) is 0 Å². The van der Waals surface area contributed by atoms with E-state index in [1.54, 1.807) is 21.1 Å². The van der Waals surface area contributed by atoms with E-state index in [4.69, 9.17) is 14.2 Å². The van der Waals surface area contributed by atoms with Gasteiger partial charge in [-0.3, -0.25) is 9.59 Å². The van der Waals surface area contributed by atoms with Crippen LogP contribution < -0.4 is 5.11 Å². The predicted octanol–water partition coefficient (Wildman–Crippen LogP) is 11.9. The number of hydrogen-bond donors (Lipinski definition) is 0. The fourth-order valence-corrected chi connectivity index (χ4v) is 7.05. The molecule has 0 rings (SSSR count). The van der Waals surface area contributed by atoms with Gasteiger partial charge in [-0.05, 0) is 57.8 Å². The number of quaternary nitrogens is 1. The summed E-state index contributed by atoms with van der Waals surface area (Å²) in [5, 5.41) is 11.6. The SMILES string of the molecule is CCCC/C=C/CCCCCCC(=O)OCC(COCCC(C(=O)[O-])[N+](C)(C)C)OC(=O)CCCCCCCCC/C=C/CCCCCCCCCCCCCC. The highest BCUT2D eigenvalue weighted by Crippen LogP contribution is 2.15. The summed E-state index contributed by atoms with van der Waals surface area (Å²) in [4.78, 5) is 36.8. The van der Waals surface area contributed by atoms with Crippen LogP contribution in [0.15, 0.2) is 24.3 Å². The number of nitrogens with zero attached hydrogens (tertiary/aromatic N) is 1. The van der Waals surface area contributed by atoms with Crippen molar-refractivity contribution in [2.24, 2.45) is 0 Å². The Morgan fingerprint density at radius 2 is 0.895 bits per heavy atom. The van der Waals surface area contributed by atoms with Crippen LogP contribution in [-0.2, 0) is 28.6 Å². The minimum atomic E-state index is -1.13. The van der Waals surface area contributed by atoms with Crippen molar-refractivity contribution in [3.63, 3.8) is 0 Å². The molecule has 0 saturated heterocycles. The Hall–Kier alpha value is -2.19. The van der Waals surface area contributed by atoms with Crippen molar-refractivity contribution in [1.82, 2.24) is 0 Å². The third-order valence-corrected chi connectivity index (χ3v) is 10.8. The van der Waals surface area contributed by atoms with Crippen molar-refractivity contribution >= 4 is 17.9 Å². The maximum atomic E-state index is 12.7. The zero-order chi connectivity index (χ0) is 42.1. The fourth-order valence-electron chi connectivity index (χ4n) is 7.05. The summed E-state index contributed by atoms with van der Waals surface area (Å²) >= 11 is 0. The number of allylic oxidation sites excluding steroid dienone is 4. The number of hydrogen-bond acceptors (Lipinski definition) is 7. The summed E-state index contributed by atoms with van der Waals surface area (Å²) in [5.74, 6) is -1.75. The van der Waals surface area contributed by atoms with Gasteiger partial charge in [0.15, 0.2) is 6.10 Å².